The second kappa shape index (κ2) is 8.15. The van der Waals surface area contributed by atoms with E-state index in [0.717, 1.165) is 0 Å². The molecule has 0 heterocycles. The molecule has 0 spiro atoms. The molecule has 0 saturated carbocycles. The van der Waals surface area contributed by atoms with Gasteiger partial charge >= 0.3 is 0 Å². The van der Waals surface area contributed by atoms with E-state index in [4.69, 9.17) is 11.6 Å². The van der Waals surface area contributed by atoms with E-state index in [-0.39, 0.29) is 28.5 Å². The molecule has 26 heavy (non-hydrogen) atoms. The third kappa shape index (κ3) is 4.30. The first kappa shape index (κ1) is 19.7. The maximum absolute atomic E-state index is 12.7. The van der Waals surface area contributed by atoms with Gasteiger partial charge in [0.1, 0.15) is 5.56 Å². The lowest BCUT2D eigenvalue weighted by molar-refractivity contribution is -0.385. The van der Waals surface area contributed by atoms with Crippen LogP contribution in [0.2, 0.25) is 5.02 Å². The van der Waals surface area contributed by atoms with Crippen LogP contribution in [0.3, 0.4) is 0 Å². The number of halogens is 1. The standard InChI is InChI=1S/C16H14ClN3O5S/c1-18(9-10-7-11(19(22)23)3-5-14(10)17)16(21)13-8-12(26-2)4-6-15(13)20(24)25/h3-8H,9H2,1-2H3. The number of carbonyl (C=O) groups excluding carboxylic acids is 1. The highest BCUT2D eigenvalue weighted by atomic mass is 35.5. The summed E-state index contributed by atoms with van der Waals surface area (Å²) in [6.07, 6.45) is 1.79. The topological polar surface area (TPSA) is 107 Å². The maximum Gasteiger partial charge on any atom is 0.282 e. The number of benzene rings is 2. The molecule has 2 aromatic rings. The third-order valence-electron chi connectivity index (χ3n) is 3.63. The average Bonchev–Trinajstić information content (AvgIpc) is 2.61. The van der Waals surface area contributed by atoms with E-state index in [2.05, 4.69) is 0 Å². The Bertz CT molecular complexity index is 890. The molecular formula is C16H14ClN3O5S. The largest absolute Gasteiger partial charge is 0.337 e. The lowest BCUT2D eigenvalue weighted by atomic mass is 10.1. The number of amides is 1. The smallest absolute Gasteiger partial charge is 0.282 e. The second-order valence-corrected chi connectivity index (χ2v) is 6.62. The zero-order valence-corrected chi connectivity index (χ0v) is 15.4. The molecular weight excluding hydrogens is 382 g/mol. The first-order valence-corrected chi connectivity index (χ1v) is 8.85. The summed E-state index contributed by atoms with van der Waals surface area (Å²) in [7, 11) is 1.45. The molecule has 0 atom stereocenters. The molecule has 0 fully saturated rings. The summed E-state index contributed by atoms with van der Waals surface area (Å²) in [6.45, 7) is -0.0278. The van der Waals surface area contributed by atoms with Crippen molar-refractivity contribution in [3.63, 3.8) is 0 Å². The zero-order chi connectivity index (χ0) is 19.4. The van der Waals surface area contributed by atoms with Gasteiger partial charge in [0.2, 0.25) is 0 Å². The van der Waals surface area contributed by atoms with Crippen molar-refractivity contribution >= 4 is 40.6 Å². The van der Waals surface area contributed by atoms with E-state index in [0.29, 0.717) is 10.5 Å². The van der Waals surface area contributed by atoms with Crippen molar-refractivity contribution in [3.8, 4) is 0 Å². The number of hydrogen-bond donors (Lipinski definition) is 0. The zero-order valence-electron chi connectivity index (χ0n) is 13.8. The molecule has 10 heteroatoms. The van der Waals surface area contributed by atoms with E-state index in [1.165, 1.54) is 54.0 Å². The highest BCUT2D eigenvalue weighted by Crippen LogP contribution is 2.27. The molecule has 0 unspecified atom stereocenters. The fourth-order valence-corrected chi connectivity index (χ4v) is 2.92. The fourth-order valence-electron chi connectivity index (χ4n) is 2.30. The number of carbonyl (C=O) groups is 1. The highest BCUT2D eigenvalue weighted by Gasteiger charge is 2.24. The summed E-state index contributed by atoms with van der Waals surface area (Å²) in [5, 5.41) is 22.4. The minimum atomic E-state index is -0.620. The molecule has 1 amide bonds. The van der Waals surface area contributed by atoms with Gasteiger partial charge in [-0.05, 0) is 30.0 Å². The maximum atomic E-state index is 12.7. The predicted molar refractivity (Wildman–Crippen MR) is 98.8 cm³/mol. The average molecular weight is 396 g/mol. The van der Waals surface area contributed by atoms with Crippen LogP contribution in [0.25, 0.3) is 0 Å². The Morgan fingerprint density at radius 2 is 1.85 bits per heavy atom. The molecule has 0 N–H and O–H groups in total. The summed E-state index contributed by atoms with van der Waals surface area (Å²) < 4.78 is 0. The highest BCUT2D eigenvalue weighted by molar-refractivity contribution is 7.98. The minimum Gasteiger partial charge on any atom is -0.337 e. The van der Waals surface area contributed by atoms with Crippen LogP contribution < -0.4 is 0 Å². The molecule has 8 nitrogen and oxygen atoms in total. The Morgan fingerprint density at radius 1 is 1.15 bits per heavy atom. The van der Waals surface area contributed by atoms with E-state index >= 15 is 0 Å². The van der Waals surface area contributed by atoms with Gasteiger partial charge in [0, 0.05) is 41.7 Å². The SMILES string of the molecule is CSc1ccc([N+](=O)[O-])c(C(=O)N(C)Cc2cc([N+](=O)[O-])ccc2Cl)c1. The molecule has 0 aliphatic heterocycles. The molecule has 0 aromatic heterocycles. The van der Waals surface area contributed by atoms with Crippen LogP contribution in [0.4, 0.5) is 11.4 Å². The first-order valence-electron chi connectivity index (χ1n) is 7.25. The Labute approximate surface area is 158 Å². The van der Waals surface area contributed by atoms with Crippen LogP contribution in [0.15, 0.2) is 41.3 Å². The van der Waals surface area contributed by atoms with Crippen LogP contribution in [-0.2, 0) is 6.54 Å². The van der Waals surface area contributed by atoms with E-state index in [9.17, 15) is 25.0 Å². The van der Waals surface area contributed by atoms with Crippen molar-refractivity contribution < 1.29 is 14.6 Å². The first-order chi connectivity index (χ1) is 12.2. The summed E-state index contributed by atoms with van der Waals surface area (Å²) in [6, 6.07) is 8.23. The Kier molecular flexibility index (Phi) is 6.17. The van der Waals surface area contributed by atoms with Crippen molar-refractivity contribution in [2.45, 2.75) is 11.4 Å². The van der Waals surface area contributed by atoms with Crippen LogP contribution >= 0.6 is 23.4 Å². The van der Waals surface area contributed by atoms with Gasteiger partial charge in [-0.1, -0.05) is 11.6 Å². The van der Waals surface area contributed by atoms with Crippen LogP contribution in [0, 0.1) is 20.2 Å². The van der Waals surface area contributed by atoms with Gasteiger partial charge in [0.15, 0.2) is 0 Å². The van der Waals surface area contributed by atoms with Gasteiger partial charge in [-0.2, -0.15) is 0 Å². The second-order valence-electron chi connectivity index (χ2n) is 5.33. The van der Waals surface area contributed by atoms with Crippen molar-refractivity contribution in [2.24, 2.45) is 0 Å². The number of nitro benzene ring substituents is 2. The Morgan fingerprint density at radius 3 is 2.42 bits per heavy atom. The molecule has 136 valence electrons. The minimum absolute atomic E-state index is 0.0278. The van der Waals surface area contributed by atoms with E-state index in [1.54, 1.807) is 12.3 Å². The van der Waals surface area contributed by atoms with Crippen molar-refractivity contribution in [3.05, 3.63) is 72.8 Å². The van der Waals surface area contributed by atoms with Gasteiger partial charge in [-0.25, -0.2) is 0 Å². The molecule has 0 radical (unpaired) electrons. The number of thioether (sulfide) groups is 1. The molecule has 0 bridgehead atoms. The fraction of sp³-hybridized carbons (Fsp3) is 0.188. The van der Waals surface area contributed by atoms with Gasteiger partial charge in [0.25, 0.3) is 17.3 Å². The third-order valence-corrected chi connectivity index (χ3v) is 4.72. The molecule has 2 rings (SSSR count). The number of hydrogen-bond acceptors (Lipinski definition) is 6. The van der Waals surface area contributed by atoms with Crippen molar-refractivity contribution in [1.29, 1.82) is 0 Å². The molecule has 0 saturated heterocycles. The number of nitro groups is 2. The van der Waals surface area contributed by atoms with E-state index < -0.39 is 15.8 Å². The molecule has 2 aromatic carbocycles. The number of nitrogens with zero attached hydrogens (tertiary/aromatic N) is 3. The van der Waals surface area contributed by atoms with E-state index in [1.807, 2.05) is 0 Å². The normalized spacial score (nSPS) is 10.4. The van der Waals surface area contributed by atoms with Crippen molar-refractivity contribution in [2.75, 3.05) is 13.3 Å². The summed E-state index contributed by atoms with van der Waals surface area (Å²) in [4.78, 5) is 35.6. The van der Waals surface area contributed by atoms with Gasteiger partial charge in [-0.15, -0.1) is 11.8 Å². The van der Waals surface area contributed by atoms with Crippen molar-refractivity contribution in [1.82, 2.24) is 4.90 Å². The number of rotatable bonds is 6. The quantitative estimate of drug-likeness (QED) is 0.413. The predicted octanol–water partition coefficient (Wildman–Crippen LogP) is 4.15. The van der Waals surface area contributed by atoms with Gasteiger partial charge in [-0.3, -0.25) is 25.0 Å². The lowest BCUT2D eigenvalue weighted by Crippen LogP contribution is -2.27. The van der Waals surface area contributed by atoms with Crippen LogP contribution in [0.1, 0.15) is 15.9 Å². The number of non-ortho nitro benzene ring substituents is 1. The van der Waals surface area contributed by atoms with Crippen LogP contribution in [-0.4, -0.2) is 34.0 Å². The van der Waals surface area contributed by atoms with Gasteiger partial charge < -0.3 is 4.90 Å². The summed E-state index contributed by atoms with van der Waals surface area (Å²) in [5.74, 6) is -0.574. The molecule has 0 aliphatic rings. The Balaban J connectivity index is 2.35. The monoisotopic (exact) mass is 395 g/mol. The lowest BCUT2D eigenvalue weighted by Gasteiger charge is -2.18. The Hall–Kier alpha value is -2.65. The summed E-state index contributed by atoms with van der Waals surface area (Å²) in [5.41, 5.74) is -0.128. The van der Waals surface area contributed by atoms with Gasteiger partial charge in [0.05, 0.1) is 9.85 Å². The summed E-state index contributed by atoms with van der Waals surface area (Å²) >= 11 is 7.41. The van der Waals surface area contributed by atoms with Crippen LogP contribution in [0.5, 0.6) is 0 Å². The molecule has 0 aliphatic carbocycles.